The predicted molar refractivity (Wildman–Crippen MR) is 78.7 cm³/mol. The van der Waals surface area contributed by atoms with Crippen molar-refractivity contribution in [3.05, 3.63) is 65.1 Å². The number of hydrogen-bond acceptors (Lipinski definition) is 1. The van der Waals surface area contributed by atoms with Gasteiger partial charge in [0, 0.05) is 17.5 Å². The molecule has 1 aromatic heterocycles. The summed E-state index contributed by atoms with van der Waals surface area (Å²) in [6.45, 7) is 0.425. The summed E-state index contributed by atoms with van der Waals surface area (Å²) < 4.78 is 20.9. The summed E-state index contributed by atoms with van der Waals surface area (Å²) in [5, 5.41) is 1.68. The fraction of sp³-hybridized carbons (Fsp3) is 0.125. The van der Waals surface area contributed by atoms with Crippen molar-refractivity contribution in [2.75, 3.05) is 0 Å². The summed E-state index contributed by atoms with van der Waals surface area (Å²) in [5.74, 6) is 0.523. The summed E-state index contributed by atoms with van der Waals surface area (Å²) in [4.78, 5) is 0. The molecule has 0 atom stereocenters. The van der Waals surface area contributed by atoms with Gasteiger partial charge >= 0.3 is 0 Å². The van der Waals surface area contributed by atoms with Crippen LogP contribution in [0, 0.1) is 5.82 Å². The molecule has 0 bridgehead atoms. The van der Waals surface area contributed by atoms with E-state index in [2.05, 4.69) is 0 Å². The highest BCUT2D eigenvalue weighted by Gasteiger charge is 2.07. The molecule has 2 nitrogen and oxygen atoms in total. The topological polar surface area (TPSA) is 14.2 Å². The lowest BCUT2D eigenvalue weighted by Crippen LogP contribution is -2.01. The van der Waals surface area contributed by atoms with Gasteiger partial charge in [0.1, 0.15) is 18.2 Å². The van der Waals surface area contributed by atoms with Crippen LogP contribution in [0.1, 0.15) is 5.69 Å². The van der Waals surface area contributed by atoms with Crippen LogP contribution in [0.4, 0.5) is 4.39 Å². The Morgan fingerprint density at radius 1 is 1.10 bits per heavy atom. The molecule has 102 valence electrons. The number of nitrogens with zero attached hydrogens (tertiary/aromatic N) is 1. The molecule has 3 aromatic rings. The maximum atomic E-state index is 13.3. The number of hydrogen-bond donors (Lipinski definition) is 0. The molecule has 4 heteroatoms. The normalized spacial score (nSPS) is 10.9. The molecule has 0 radical (unpaired) electrons. The monoisotopic (exact) mass is 289 g/mol. The second kappa shape index (κ2) is 5.17. The van der Waals surface area contributed by atoms with Crippen molar-refractivity contribution in [3.63, 3.8) is 0 Å². The Kier molecular flexibility index (Phi) is 3.36. The Balaban J connectivity index is 1.84. The zero-order chi connectivity index (χ0) is 14.1. The highest BCUT2D eigenvalue weighted by molar-refractivity contribution is 6.30. The van der Waals surface area contributed by atoms with Crippen LogP contribution in [-0.2, 0) is 13.7 Å². The molecule has 0 fully saturated rings. The molecule has 0 amide bonds. The Labute approximate surface area is 121 Å². The van der Waals surface area contributed by atoms with Crippen molar-refractivity contribution in [2.24, 2.45) is 7.05 Å². The molecule has 2 aromatic carbocycles. The zero-order valence-corrected chi connectivity index (χ0v) is 11.7. The van der Waals surface area contributed by atoms with Crippen LogP contribution in [0.3, 0.4) is 0 Å². The van der Waals surface area contributed by atoms with Crippen molar-refractivity contribution in [2.45, 2.75) is 6.61 Å². The first-order valence-electron chi connectivity index (χ1n) is 6.26. The van der Waals surface area contributed by atoms with E-state index in [0.717, 1.165) is 22.3 Å². The highest BCUT2D eigenvalue weighted by Crippen LogP contribution is 2.22. The van der Waals surface area contributed by atoms with E-state index >= 15 is 0 Å². The molecule has 1 heterocycles. The largest absolute Gasteiger partial charge is 0.487 e. The Morgan fingerprint density at radius 3 is 2.60 bits per heavy atom. The van der Waals surface area contributed by atoms with Gasteiger partial charge < -0.3 is 9.30 Å². The predicted octanol–water partition coefficient (Wildman–Crippen LogP) is 4.55. The van der Waals surface area contributed by atoms with E-state index in [4.69, 9.17) is 16.3 Å². The van der Waals surface area contributed by atoms with Gasteiger partial charge in [-0.25, -0.2) is 4.39 Å². The third-order valence-electron chi connectivity index (χ3n) is 3.31. The standard InChI is InChI=1S/C16H13ClFNO/c1-19-14(8-11-2-5-13(18)9-16(11)19)10-20-15-6-3-12(17)4-7-15/h2-9H,10H2,1H3. The maximum Gasteiger partial charge on any atom is 0.128 e. The van der Waals surface area contributed by atoms with E-state index in [0.29, 0.717) is 11.6 Å². The van der Waals surface area contributed by atoms with Crippen LogP contribution in [0.15, 0.2) is 48.5 Å². The molecule has 0 saturated heterocycles. The molecule has 0 aliphatic rings. The number of aryl methyl sites for hydroxylation is 1. The molecule has 0 aliphatic heterocycles. The second-order valence-electron chi connectivity index (χ2n) is 4.64. The molecular weight excluding hydrogens is 277 g/mol. The molecule has 0 aliphatic carbocycles. The van der Waals surface area contributed by atoms with Gasteiger partial charge in [-0.3, -0.25) is 0 Å². The average Bonchev–Trinajstić information content (AvgIpc) is 2.75. The van der Waals surface area contributed by atoms with Gasteiger partial charge in [-0.05, 0) is 48.5 Å². The lowest BCUT2D eigenvalue weighted by atomic mass is 10.2. The second-order valence-corrected chi connectivity index (χ2v) is 5.08. The smallest absolute Gasteiger partial charge is 0.128 e. The van der Waals surface area contributed by atoms with Crippen molar-refractivity contribution in [3.8, 4) is 5.75 Å². The molecule has 3 rings (SSSR count). The molecule has 20 heavy (non-hydrogen) atoms. The fourth-order valence-electron chi connectivity index (χ4n) is 2.19. The Hall–Kier alpha value is -2.00. The summed E-state index contributed by atoms with van der Waals surface area (Å²) in [6, 6.07) is 14.0. The summed E-state index contributed by atoms with van der Waals surface area (Å²) in [7, 11) is 1.91. The van der Waals surface area contributed by atoms with Gasteiger partial charge in [0.25, 0.3) is 0 Å². The number of fused-ring (bicyclic) bond motifs is 1. The fourth-order valence-corrected chi connectivity index (χ4v) is 2.31. The van der Waals surface area contributed by atoms with Crippen LogP contribution >= 0.6 is 11.6 Å². The molecule has 0 saturated carbocycles. The van der Waals surface area contributed by atoms with E-state index in [-0.39, 0.29) is 5.82 Å². The van der Waals surface area contributed by atoms with Crippen molar-refractivity contribution >= 4 is 22.5 Å². The van der Waals surface area contributed by atoms with Crippen molar-refractivity contribution in [1.29, 1.82) is 0 Å². The first-order valence-corrected chi connectivity index (χ1v) is 6.63. The zero-order valence-electron chi connectivity index (χ0n) is 10.9. The van der Waals surface area contributed by atoms with E-state index in [9.17, 15) is 4.39 Å². The molecular formula is C16H13ClFNO. The molecule has 0 unspecified atom stereocenters. The van der Waals surface area contributed by atoms with E-state index < -0.39 is 0 Å². The average molecular weight is 290 g/mol. The minimum absolute atomic E-state index is 0.233. The minimum Gasteiger partial charge on any atom is -0.487 e. The number of halogens is 2. The van der Waals surface area contributed by atoms with E-state index in [1.54, 1.807) is 18.2 Å². The van der Waals surface area contributed by atoms with Gasteiger partial charge in [-0.2, -0.15) is 0 Å². The number of ether oxygens (including phenoxy) is 1. The quantitative estimate of drug-likeness (QED) is 0.690. The Bertz CT molecular complexity index is 749. The van der Waals surface area contributed by atoms with Crippen LogP contribution < -0.4 is 4.74 Å². The molecule has 0 spiro atoms. The van der Waals surface area contributed by atoms with Crippen LogP contribution in [0.5, 0.6) is 5.75 Å². The Morgan fingerprint density at radius 2 is 1.85 bits per heavy atom. The van der Waals surface area contributed by atoms with Gasteiger partial charge in [-0.15, -0.1) is 0 Å². The number of benzene rings is 2. The van der Waals surface area contributed by atoms with E-state index in [1.165, 1.54) is 12.1 Å². The van der Waals surface area contributed by atoms with Crippen LogP contribution in [0.25, 0.3) is 10.9 Å². The maximum absolute atomic E-state index is 13.3. The first kappa shape index (κ1) is 13.0. The van der Waals surface area contributed by atoms with Crippen molar-refractivity contribution in [1.82, 2.24) is 4.57 Å². The van der Waals surface area contributed by atoms with Crippen molar-refractivity contribution < 1.29 is 9.13 Å². The molecule has 0 N–H and O–H groups in total. The first-order chi connectivity index (χ1) is 9.63. The van der Waals surface area contributed by atoms with Gasteiger partial charge in [-0.1, -0.05) is 11.6 Å². The minimum atomic E-state index is -0.233. The number of rotatable bonds is 3. The lowest BCUT2D eigenvalue weighted by Gasteiger charge is -2.07. The highest BCUT2D eigenvalue weighted by atomic mass is 35.5. The van der Waals surface area contributed by atoms with Gasteiger partial charge in [0.05, 0.1) is 11.2 Å². The number of aromatic nitrogens is 1. The summed E-state index contributed by atoms with van der Waals surface area (Å²) >= 11 is 5.83. The van der Waals surface area contributed by atoms with E-state index in [1.807, 2.05) is 29.8 Å². The van der Waals surface area contributed by atoms with Gasteiger partial charge in [0.2, 0.25) is 0 Å². The summed E-state index contributed by atoms with van der Waals surface area (Å²) in [5.41, 5.74) is 1.85. The van der Waals surface area contributed by atoms with Crippen LogP contribution in [-0.4, -0.2) is 4.57 Å². The lowest BCUT2D eigenvalue weighted by molar-refractivity contribution is 0.298. The summed E-state index contributed by atoms with van der Waals surface area (Å²) in [6.07, 6.45) is 0. The third-order valence-corrected chi connectivity index (χ3v) is 3.56. The SMILES string of the molecule is Cn1c(COc2ccc(Cl)cc2)cc2ccc(F)cc21. The van der Waals surface area contributed by atoms with Crippen LogP contribution in [0.2, 0.25) is 5.02 Å². The third kappa shape index (κ3) is 2.49. The van der Waals surface area contributed by atoms with Gasteiger partial charge in [0.15, 0.2) is 0 Å².